The Bertz CT molecular complexity index is 322. The fourth-order valence-electron chi connectivity index (χ4n) is 1.01. The third-order valence-corrected chi connectivity index (χ3v) is 1.68. The molecule has 0 aliphatic carbocycles. The van der Waals surface area contributed by atoms with Crippen molar-refractivity contribution in [3.8, 4) is 0 Å². The Hall–Kier alpha value is -1.56. The van der Waals surface area contributed by atoms with Crippen molar-refractivity contribution >= 4 is 11.7 Å². The SMILES string of the molecule is CC(C)OCCNC(=O)c1cc(N)n[nH]1. The molecule has 4 N–H and O–H groups in total. The number of rotatable bonds is 5. The third kappa shape index (κ3) is 3.99. The minimum atomic E-state index is -0.230. The third-order valence-electron chi connectivity index (χ3n) is 1.68. The number of nitrogens with zero attached hydrogens (tertiary/aromatic N) is 1. The van der Waals surface area contributed by atoms with Crippen LogP contribution in [0.5, 0.6) is 0 Å². The van der Waals surface area contributed by atoms with Gasteiger partial charge in [0.05, 0.1) is 12.7 Å². The molecule has 0 unspecified atom stereocenters. The van der Waals surface area contributed by atoms with Gasteiger partial charge in [0.1, 0.15) is 11.5 Å². The van der Waals surface area contributed by atoms with Crippen molar-refractivity contribution in [1.29, 1.82) is 0 Å². The first-order chi connectivity index (χ1) is 7.09. The predicted molar refractivity (Wildman–Crippen MR) is 56.4 cm³/mol. The van der Waals surface area contributed by atoms with Gasteiger partial charge in [0.25, 0.3) is 5.91 Å². The largest absolute Gasteiger partial charge is 0.382 e. The van der Waals surface area contributed by atoms with Crippen molar-refractivity contribution < 1.29 is 9.53 Å². The molecule has 0 spiro atoms. The zero-order valence-electron chi connectivity index (χ0n) is 8.91. The van der Waals surface area contributed by atoms with Gasteiger partial charge in [-0.1, -0.05) is 0 Å². The van der Waals surface area contributed by atoms with E-state index >= 15 is 0 Å². The van der Waals surface area contributed by atoms with E-state index < -0.39 is 0 Å². The highest BCUT2D eigenvalue weighted by atomic mass is 16.5. The maximum Gasteiger partial charge on any atom is 0.269 e. The molecule has 0 aliphatic rings. The number of hydrogen-bond donors (Lipinski definition) is 3. The van der Waals surface area contributed by atoms with Crippen LogP contribution in [0.25, 0.3) is 0 Å². The van der Waals surface area contributed by atoms with Crippen LogP contribution in [0.3, 0.4) is 0 Å². The number of H-pyrrole nitrogens is 1. The Morgan fingerprint density at radius 3 is 3.00 bits per heavy atom. The second-order valence-corrected chi connectivity index (χ2v) is 3.38. The minimum Gasteiger partial charge on any atom is -0.382 e. The van der Waals surface area contributed by atoms with Gasteiger partial charge in [-0.3, -0.25) is 9.89 Å². The van der Waals surface area contributed by atoms with Gasteiger partial charge in [0.2, 0.25) is 0 Å². The molecule has 0 bridgehead atoms. The minimum absolute atomic E-state index is 0.171. The molecular weight excluding hydrogens is 196 g/mol. The lowest BCUT2D eigenvalue weighted by Gasteiger charge is -2.07. The van der Waals surface area contributed by atoms with E-state index in [2.05, 4.69) is 15.5 Å². The van der Waals surface area contributed by atoms with Crippen molar-refractivity contribution in [1.82, 2.24) is 15.5 Å². The zero-order valence-corrected chi connectivity index (χ0v) is 8.91. The molecule has 0 saturated carbocycles. The molecule has 6 heteroatoms. The van der Waals surface area contributed by atoms with Crippen LogP contribution in [-0.2, 0) is 4.74 Å². The second kappa shape index (κ2) is 5.35. The second-order valence-electron chi connectivity index (χ2n) is 3.38. The summed E-state index contributed by atoms with van der Waals surface area (Å²) in [6, 6.07) is 1.48. The van der Waals surface area contributed by atoms with Gasteiger partial charge in [0.15, 0.2) is 0 Å². The molecule has 0 fully saturated rings. The molecule has 1 rings (SSSR count). The summed E-state index contributed by atoms with van der Waals surface area (Å²) >= 11 is 0. The molecule has 1 aromatic heterocycles. The van der Waals surface area contributed by atoms with E-state index in [1.807, 2.05) is 13.8 Å². The van der Waals surface area contributed by atoms with Gasteiger partial charge >= 0.3 is 0 Å². The molecule has 15 heavy (non-hydrogen) atoms. The Kier molecular flexibility index (Phi) is 4.11. The molecule has 6 nitrogen and oxygen atoms in total. The highest BCUT2D eigenvalue weighted by molar-refractivity contribution is 5.92. The number of nitrogen functional groups attached to an aromatic ring is 1. The number of ether oxygens (including phenoxy) is 1. The predicted octanol–water partition coefficient (Wildman–Crippen LogP) is 0.147. The standard InChI is InChI=1S/C9H16N4O2/c1-6(2)15-4-3-11-9(14)7-5-8(10)13-12-7/h5-6H,3-4H2,1-2H3,(H,11,14)(H3,10,12,13). The first-order valence-electron chi connectivity index (χ1n) is 4.80. The number of aromatic amines is 1. The number of hydrogen-bond acceptors (Lipinski definition) is 4. The number of carbonyl (C=O) groups is 1. The van der Waals surface area contributed by atoms with E-state index in [0.717, 1.165) is 0 Å². The van der Waals surface area contributed by atoms with Crippen LogP contribution < -0.4 is 11.1 Å². The van der Waals surface area contributed by atoms with E-state index in [-0.39, 0.29) is 12.0 Å². The molecule has 0 aliphatic heterocycles. The van der Waals surface area contributed by atoms with E-state index in [4.69, 9.17) is 10.5 Å². The number of nitrogens with one attached hydrogen (secondary N) is 2. The number of aromatic nitrogens is 2. The quantitative estimate of drug-likeness (QED) is 0.605. The topological polar surface area (TPSA) is 93.0 Å². The molecule has 0 atom stereocenters. The van der Waals surface area contributed by atoms with Crippen molar-refractivity contribution in [2.24, 2.45) is 0 Å². The highest BCUT2D eigenvalue weighted by Gasteiger charge is 2.07. The van der Waals surface area contributed by atoms with Crippen molar-refractivity contribution in [2.75, 3.05) is 18.9 Å². The van der Waals surface area contributed by atoms with Gasteiger partial charge < -0.3 is 15.8 Å². The van der Waals surface area contributed by atoms with Crippen molar-refractivity contribution in [3.63, 3.8) is 0 Å². The Balaban J connectivity index is 2.25. The van der Waals surface area contributed by atoms with E-state index in [1.165, 1.54) is 6.07 Å². The van der Waals surface area contributed by atoms with E-state index in [0.29, 0.717) is 24.7 Å². The van der Waals surface area contributed by atoms with Gasteiger partial charge in [-0.15, -0.1) is 0 Å². The summed E-state index contributed by atoms with van der Waals surface area (Å²) in [7, 11) is 0. The average Bonchev–Trinajstić information content (AvgIpc) is 2.59. The van der Waals surface area contributed by atoms with Crippen LogP contribution in [-0.4, -0.2) is 35.4 Å². The van der Waals surface area contributed by atoms with Crippen LogP contribution in [0.2, 0.25) is 0 Å². The zero-order chi connectivity index (χ0) is 11.3. The van der Waals surface area contributed by atoms with Crippen LogP contribution >= 0.6 is 0 Å². The number of amides is 1. The van der Waals surface area contributed by atoms with Gasteiger partial charge in [-0.25, -0.2) is 0 Å². The van der Waals surface area contributed by atoms with Gasteiger partial charge in [-0.2, -0.15) is 5.10 Å². The van der Waals surface area contributed by atoms with Crippen LogP contribution in [0.4, 0.5) is 5.82 Å². The summed E-state index contributed by atoms with van der Waals surface area (Å²) in [5.41, 5.74) is 5.72. The normalized spacial score (nSPS) is 10.6. The molecule has 84 valence electrons. The maximum absolute atomic E-state index is 11.4. The van der Waals surface area contributed by atoms with Gasteiger partial charge in [0, 0.05) is 12.6 Å². The smallest absolute Gasteiger partial charge is 0.269 e. The van der Waals surface area contributed by atoms with Gasteiger partial charge in [-0.05, 0) is 13.8 Å². The highest BCUT2D eigenvalue weighted by Crippen LogP contribution is 1.99. The molecular formula is C9H16N4O2. The lowest BCUT2D eigenvalue weighted by molar-refractivity contribution is 0.0745. The molecule has 0 radical (unpaired) electrons. The monoisotopic (exact) mass is 212 g/mol. The summed E-state index contributed by atoms with van der Waals surface area (Å²) in [5, 5.41) is 8.86. The Morgan fingerprint density at radius 2 is 2.47 bits per heavy atom. The fraction of sp³-hybridized carbons (Fsp3) is 0.556. The molecule has 0 saturated heterocycles. The molecule has 1 heterocycles. The summed E-state index contributed by atoms with van der Waals surface area (Å²) in [6.07, 6.45) is 0.171. The van der Waals surface area contributed by atoms with Crippen LogP contribution in [0.15, 0.2) is 6.07 Å². The first kappa shape index (κ1) is 11.5. The fourth-order valence-corrected chi connectivity index (χ4v) is 1.01. The summed E-state index contributed by atoms with van der Waals surface area (Å²) in [6.45, 7) is 4.85. The lowest BCUT2D eigenvalue weighted by Crippen LogP contribution is -2.28. The average molecular weight is 212 g/mol. The van der Waals surface area contributed by atoms with Crippen molar-refractivity contribution in [3.05, 3.63) is 11.8 Å². The van der Waals surface area contributed by atoms with E-state index in [1.54, 1.807) is 0 Å². The van der Waals surface area contributed by atoms with Crippen LogP contribution in [0, 0.1) is 0 Å². The summed E-state index contributed by atoms with van der Waals surface area (Å²) < 4.78 is 5.27. The molecule has 1 aromatic rings. The number of anilines is 1. The first-order valence-corrected chi connectivity index (χ1v) is 4.80. The van der Waals surface area contributed by atoms with E-state index in [9.17, 15) is 4.79 Å². The molecule has 1 amide bonds. The van der Waals surface area contributed by atoms with Crippen LogP contribution in [0.1, 0.15) is 24.3 Å². The summed E-state index contributed by atoms with van der Waals surface area (Å²) in [4.78, 5) is 11.4. The lowest BCUT2D eigenvalue weighted by atomic mass is 10.4. The maximum atomic E-state index is 11.4. The number of carbonyl (C=O) groups excluding carboxylic acids is 1. The summed E-state index contributed by atoms with van der Waals surface area (Å²) in [5.74, 6) is 0.0742. The number of nitrogens with two attached hydrogens (primary N) is 1. The molecule has 0 aromatic carbocycles. The Labute approximate surface area is 88.2 Å². The van der Waals surface area contributed by atoms with Crippen molar-refractivity contribution in [2.45, 2.75) is 20.0 Å². The Morgan fingerprint density at radius 1 is 1.73 bits per heavy atom.